The second-order valence-electron chi connectivity index (χ2n) is 2.19. The van der Waals surface area contributed by atoms with Gasteiger partial charge in [0.1, 0.15) is 0 Å². The van der Waals surface area contributed by atoms with Crippen LogP contribution in [-0.2, 0) is 0 Å². The molecule has 0 heterocycles. The van der Waals surface area contributed by atoms with E-state index >= 15 is 0 Å². The Bertz CT molecular complexity index is 294. The lowest BCUT2D eigenvalue weighted by molar-refractivity contribution is 0.101. The van der Waals surface area contributed by atoms with Gasteiger partial charge in [-0.15, -0.1) is 0 Å². The molecular weight excluding hydrogens is 147 g/mol. The van der Waals surface area contributed by atoms with E-state index in [4.69, 9.17) is 5.11 Å². The molecule has 3 heteroatoms. The Labute approximate surface area is 63.3 Å². The van der Waals surface area contributed by atoms with E-state index in [0.29, 0.717) is 0 Å². The van der Waals surface area contributed by atoms with Gasteiger partial charge in [-0.25, -0.2) is 4.39 Å². The molecule has 1 aromatic rings. The van der Waals surface area contributed by atoms with Gasteiger partial charge in [0.25, 0.3) is 0 Å². The van der Waals surface area contributed by atoms with E-state index in [2.05, 4.69) is 0 Å². The summed E-state index contributed by atoms with van der Waals surface area (Å²) in [6.07, 6.45) is 0. The zero-order valence-corrected chi connectivity index (χ0v) is 5.97. The molecule has 1 aromatic carbocycles. The minimum Gasteiger partial charge on any atom is -0.504 e. The van der Waals surface area contributed by atoms with Crippen molar-refractivity contribution in [2.75, 3.05) is 0 Å². The van der Waals surface area contributed by atoms with Crippen LogP contribution in [0.5, 0.6) is 5.75 Å². The molecule has 0 saturated heterocycles. The molecule has 0 amide bonds. The number of phenolic OH excluding ortho intramolecular Hbond substituents is 1. The number of Topliss-reactive ketones (excluding diaryl/α,β-unsaturated/α-hetero) is 1. The number of hydrogen-bond donors (Lipinski definition) is 1. The normalized spacial score (nSPS) is 9.64. The van der Waals surface area contributed by atoms with E-state index in [-0.39, 0.29) is 11.3 Å². The summed E-state index contributed by atoms with van der Waals surface area (Å²) in [6.45, 7) is 1.27. The number of ketones is 1. The van der Waals surface area contributed by atoms with Gasteiger partial charge in [0.15, 0.2) is 17.3 Å². The molecule has 0 saturated carbocycles. The number of carbonyl (C=O) groups is 1. The highest BCUT2D eigenvalue weighted by Gasteiger charge is 2.08. The minimum atomic E-state index is -0.766. The van der Waals surface area contributed by atoms with Crippen molar-refractivity contribution in [1.29, 1.82) is 0 Å². The Hall–Kier alpha value is -1.38. The molecular formula is C8H7FO2. The standard InChI is InChI=1S/C8H7FO2/c1-5(10)6-3-2-4-7(9)8(6)11/h2-4,11H,1H3. The van der Waals surface area contributed by atoms with Gasteiger partial charge in [-0.3, -0.25) is 4.79 Å². The van der Waals surface area contributed by atoms with Crippen LogP contribution >= 0.6 is 0 Å². The predicted octanol–water partition coefficient (Wildman–Crippen LogP) is 1.73. The van der Waals surface area contributed by atoms with E-state index in [0.717, 1.165) is 6.07 Å². The molecule has 58 valence electrons. The Morgan fingerprint density at radius 2 is 2.18 bits per heavy atom. The van der Waals surface area contributed by atoms with E-state index in [1.165, 1.54) is 19.1 Å². The fourth-order valence-electron chi connectivity index (χ4n) is 0.799. The van der Waals surface area contributed by atoms with Crippen molar-refractivity contribution in [2.24, 2.45) is 0 Å². The summed E-state index contributed by atoms with van der Waals surface area (Å²) < 4.78 is 12.5. The van der Waals surface area contributed by atoms with E-state index in [1.54, 1.807) is 0 Å². The Kier molecular flexibility index (Phi) is 1.89. The van der Waals surface area contributed by atoms with Crippen molar-refractivity contribution >= 4 is 5.78 Å². The first-order chi connectivity index (χ1) is 5.13. The monoisotopic (exact) mass is 154 g/mol. The summed E-state index contributed by atoms with van der Waals surface area (Å²) in [5, 5.41) is 8.97. The number of benzene rings is 1. The average molecular weight is 154 g/mol. The zero-order chi connectivity index (χ0) is 8.43. The number of phenols is 1. The summed E-state index contributed by atoms with van der Waals surface area (Å²) in [7, 11) is 0. The molecule has 0 aliphatic rings. The zero-order valence-electron chi connectivity index (χ0n) is 5.97. The van der Waals surface area contributed by atoms with E-state index in [9.17, 15) is 9.18 Å². The van der Waals surface area contributed by atoms with Crippen LogP contribution in [0.3, 0.4) is 0 Å². The number of carbonyl (C=O) groups excluding carboxylic acids is 1. The Balaban J connectivity index is 3.27. The molecule has 0 spiro atoms. The third-order valence-electron chi connectivity index (χ3n) is 1.37. The number of para-hydroxylation sites is 1. The van der Waals surface area contributed by atoms with Gasteiger partial charge >= 0.3 is 0 Å². The lowest BCUT2D eigenvalue weighted by atomic mass is 10.1. The molecule has 0 bridgehead atoms. The van der Waals surface area contributed by atoms with Crippen LogP contribution in [0.4, 0.5) is 4.39 Å². The highest BCUT2D eigenvalue weighted by molar-refractivity contribution is 5.96. The smallest absolute Gasteiger partial charge is 0.165 e. The maximum atomic E-state index is 12.5. The molecule has 0 aliphatic carbocycles. The largest absolute Gasteiger partial charge is 0.504 e. The highest BCUT2D eigenvalue weighted by Crippen LogP contribution is 2.20. The number of aromatic hydroxyl groups is 1. The van der Waals surface area contributed by atoms with Gasteiger partial charge in [-0.1, -0.05) is 6.07 Å². The van der Waals surface area contributed by atoms with Crippen molar-refractivity contribution in [3.05, 3.63) is 29.6 Å². The molecule has 0 atom stereocenters. The van der Waals surface area contributed by atoms with Crippen LogP contribution in [-0.4, -0.2) is 10.9 Å². The van der Waals surface area contributed by atoms with Gasteiger partial charge < -0.3 is 5.11 Å². The lowest BCUT2D eigenvalue weighted by Crippen LogP contribution is -1.93. The van der Waals surface area contributed by atoms with Crippen LogP contribution < -0.4 is 0 Å². The molecule has 0 aliphatic heterocycles. The van der Waals surface area contributed by atoms with Crippen LogP contribution in [0.1, 0.15) is 17.3 Å². The predicted molar refractivity (Wildman–Crippen MR) is 38.1 cm³/mol. The van der Waals surface area contributed by atoms with Gasteiger partial charge in [0.05, 0.1) is 5.56 Å². The molecule has 0 unspecified atom stereocenters. The fourth-order valence-corrected chi connectivity index (χ4v) is 0.799. The van der Waals surface area contributed by atoms with Crippen molar-refractivity contribution in [3.63, 3.8) is 0 Å². The van der Waals surface area contributed by atoms with E-state index in [1.807, 2.05) is 0 Å². The SMILES string of the molecule is CC(=O)c1cccc(F)c1O. The van der Waals surface area contributed by atoms with Crippen molar-refractivity contribution in [3.8, 4) is 5.75 Å². The third kappa shape index (κ3) is 1.37. The second kappa shape index (κ2) is 2.70. The van der Waals surface area contributed by atoms with Gasteiger partial charge in [-0.2, -0.15) is 0 Å². The average Bonchev–Trinajstić information content (AvgIpc) is 1.94. The third-order valence-corrected chi connectivity index (χ3v) is 1.37. The molecule has 0 aromatic heterocycles. The second-order valence-corrected chi connectivity index (χ2v) is 2.19. The van der Waals surface area contributed by atoms with Crippen molar-refractivity contribution < 1.29 is 14.3 Å². The number of hydrogen-bond acceptors (Lipinski definition) is 2. The van der Waals surface area contributed by atoms with Gasteiger partial charge in [-0.05, 0) is 19.1 Å². The molecule has 1 rings (SSSR count). The number of halogens is 1. The van der Waals surface area contributed by atoms with Gasteiger partial charge in [0, 0.05) is 0 Å². The first-order valence-corrected chi connectivity index (χ1v) is 3.11. The Morgan fingerprint density at radius 3 is 2.64 bits per heavy atom. The highest BCUT2D eigenvalue weighted by atomic mass is 19.1. The molecule has 0 fully saturated rings. The lowest BCUT2D eigenvalue weighted by Gasteiger charge is -1.99. The van der Waals surface area contributed by atoms with Crippen molar-refractivity contribution in [2.45, 2.75) is 6.92 Å². The first kappa shape index (κ1) is 7.72. The number of rotatable bonds is 1. The fraction of sp³-hybridized carbons (Fsp3) is 0.125. The first-order valence-electron chi connectivity index (χ1n) is 3.11. The molecule has 0 radical (unpaired) electrons. The maximum absolute atomic E-state index is 12.5. The summed E-state index contributed by atoms with van der Waals surface area (Å²) in [4.78, 5) is 10.7. The van der Waals surface area contributed by atoms with Crippen molar-refractivity contribution in [1.82, 2.24) is 0 Å². The van der Waals surface area contributed by atoms with Crippen LogP contribution in [0, 0.1) is 5.82 Å². The minimum absolute atomic E-state index is 0.0185. The quantitative estimate of drug-likeness (QED) is 0.625. The summed E-state index contributed by atoms with van der Waals surface area (Å²) in [6, 6.07) is 3.86. The maximum Gasteiger partial charge on any atom is 0.165 e. The summed E-state index contributed by atoms with van der Waals surface area (Å²) in [5.74, 6) is -1.68. The molecule has 2 nitrogen and oxygen atoms in total. The van der Waals surface area contributed by atoms with Crippen LogP contribution in [0.2, 0.25) is 0 Å². The molecule has 11 heavy (non-hydrogen) atoms. The van der Waals surface area contributed by atoms with E-state index < -0.39 is 11.6 Å². The van der Waals surface area contributed by atoms with Crippen LogP contribution in [0.25, 0.3) is 0 Å². The van der Waals surface area contributed by atoms with Gasteiger partial charge in [0.2, 0.25) is 0 Å². The summed E-state index contributed by atoms with van der Waals surface area (Å²) in [5.41, 5.74) is 0.0185. The van der Waals surface area contributed by atoms with Crippen LogP contribution in [0.15, 0.2) is 18.2 Å². The summed E-state index contributed by atoms with van der Waals surface area (Å²) >= 11 is 0. The topological polar surface area (TPSA) is 37.3 Å². The Morgan fingerprint density at radius 1 is 1.55 bits per heavy atom. The molecule has 1 N–H and O–H groups in total.